The molecule has 142 valence electrons. The summed E-state index contributed by atoms with van der Waals surface area (Å²) >= 11 is 0. The van der Waals surface area contributed by atoms with Gasteiger partial charge in [0.2, 0.25) is 0 Å². The standard InChI is InChI=1S/C18H16F3N3O2S/c1-11-3-9-14(10-4-11)27(2)24-16(25)13-7-5-12(6-8-13)15-22-17(26-23-15)18(19,20)21/h3-10,17H,1-2H3,(H,22,23). The van der Waals surface area contributed by atoms with Crippen molar-refractivity contribution in [3.8, 4) is 0 Å². The third-order valence-electron chi connectivity index (χ3n) is 3.80. The molecular formula is C18H16F3N3O2S. The Morgan fingerprint density at radius 3 is 2.33 bits per heavy atom. The fourth-order valence-electron chi connectivity index (χ4n) is 2.30. The van der Waals surface area contributed by atoms with Gasteiger partial charge >= 0.3 is 6.18 Å². The predicted octanol–water partition coefficient (Wildman–Crippen LogP) is 3.80. The summed E-state index contributed by atoms with van der Waals surface area (Å²) in [7, 11) is -0.600. The average Bonchev–Trinajstić information content (AvgIpc) is 3.13. The Morgan fingerprint density at radius 1 is 1.15 bits per heavy atom. The minimum absolute atomic E-state index is 0.0387. The highest BCUT2D eigenvalue weighted by atomic mass is 32.2. The summed E-state index contributed by atoms with van der Waals surface area (Å²) in [5.74, 6) is -0.429. The largest absolute Gasteiger partial charge is 0.448 e. The van der Waals surface area contributed by atoms with Crippen molar-refractivity contribution in [2.45, 2.75) is 24.2 Å². The third-order valence-corrected chi connectivity index (χ3v) is 5.20. The normalized spacial score (nSPS) is 17.8. The zero-order valence-electron chi connectivity index (χ0n) is 14.4. The van der Waals surface area contributed by atoms with Crippen LogP contribution in [0.25, 0.3) is 0 Å². The molecule has 2 aromatic rings. The first kappa shape index (κ1) is 19.1. The maximum absolute atomic E-state index is 12.6. The number of oxime groups is 1. The molecule has 0 saturated carbocycles. The molecule has 1 N–H and O–H groups in total. The van der Waals surface area contributed by atoms with E-state index in [0.717, 1.165) is 10.5 Å². The Hall–Kier alpha value is -2.68. The first-order valence-electron chi connectivity index (χ1n) is 7.90. The van der Waals surface area contributed by atoms with Crippen molar-refractivity contribution >= 4 is 22.4 Å². The molecule has 0 aliphatic carbocycles. The van der Waals surface area contributed by atoms with Gasteiger partial charge in [-0.05, 0) is 37.4 Å². The van der Waals surface area contributed by atoms with Crippen LogP contribution in [-0.4, -0.2) is 30.4 Å². The lowest BCUT2D eigenvalue weighted by Gasteiger charge is -2.13. The third kappa shape index (κ3) is 4.54. The first-order chi connectivity index (χ1) is 12.7. The van der Waals surface area contributed by atoms with Crippen LogP contribution in [0.3, 0.4) is 0 Å². The van der Waals surface area contributed by atoms with Crippen LogP contribution < -0.4 is 5.32 Å². The summed E-state index contributed by atoms with van der Waals surface area (Å²) in [4.78, 5) is 17.6. The number of carbonyl (C=O) groups excluding carboxylic acids is 1. The number of hydrogen-bond donors (Lipinski definition) is 1. The maximum Gasteiger partial charge on any atom is 0.448 e. The maximum atomic E-state index is 12.6. The lowest BCUT2D eigenvalue weighted by Crippen LogP contribution is -2.41. The molecule has 0 radical (unpaired) electrons. The Kier molecular flexibility index (Phi) is 5.31. The Bertz CT molecular complexity index is 907. The molecule has 1 heterocycles. The molecule has 0 saturated heterocycles. The van der Waals surface area contributed by atoms with Crippen molar-refractivity contribution in [2.24, 2.45) is 9.52 Å². The van der Waals surface area contributed by atoms with Gasteiger partial charge in [-0.3, -0.25) is 4.79 Å². The fourth-order valence-corrected chi connectivity index (χ4v) is 3.29. The van der Waals surface area contributed by atoms with Gasteiger partial charge in [0.15, 0.2) is 5.84 Å². The minimum atomic E-state index is -4.56. The zero-order valence-corrected chi connectivity index (χ0v) is 15.3. The Balaban J connectivity index is 1.71. The van der Waals surface area contributed by atoms with Crippen LogP contribution in [0.15, 0.2) is 62.9 Å². The molecule has 2 aromatic carbocycles. The van der Waals surface area contributed by atoms with E-state index in [1.807, 2.05) is 37.4 Å². The van der Waals surface area contributed by atoms with Gasteiger partial charge in [0.25, 0.3) is 12.1 Å². The van der Waals surface area contributed by atoms with E-state index < -0.39 is 29.0 Å². The topological polar surface area (TPSA) is 63.0 Å². The molecule has 0 bridgehead atoms. The molecule has 2 atom stereocenters. The molecule has 27 heavy (non-hydrogen) atoms. The van der Waals surface area contributed by atoms with Crippen molar-refractivity contribution in [3.63, 3.8) is 0 Å². The SMILES string of the molecule is Cc1ccc(/S(C)=N\C(=O)c2ccc(C3=NOC(C(F)(F)F)N3)cc2)cc1. The van der Waals surface area contributed by atoms with Gasteiger partial charge in [-0.1, -0.05) is 45.7 Å². The summed E-state index contributed by atoms with van der Waals surface area (Å²) < 4.78 is 41.9. The highest BCUT2D eigenvalue weighted by molar-refractivity contribution is 7.87. The second-order valence-electron chi connectivity index (χ2n) is 5.88. The molecule has 3 rings (SSSR count). The number of nitrogens with one attached hydrogen (secondary N) is 1. The summed E-state index contributed by atoms with van der Waals surface area (Å²) in [5, 5.41) is 5.55. The van der Waals surface area contributed by atoms with Crippen LogP contribution in [0.1, 0.15) is 21.5 Å². The lowest BCUT2D eigenvalue weighted by atomic mass is 10.1. The fraction of sp³-hybridized carbons (Fsp3) is 0.222. The van der Waals surface area contributed by atoms with Crippen LogP contribution in [0.2, 0.25) is 0 Å². The van der Waals surface area contributed by atoms with Gasteiger partial charge in [0, 0.05) is 16.0 Å². The highest BCUT2D eigenvalue weighted by Gasteiger charge is 2.45. The van der Waals surface area contributed by atoms with Gasteiger partial charge in [0.05, 0.1) is 0 Å². The summed E-state index contributed by atoms with van der Waals surface area (Å²) in [5.41, 5.74) is 1.85. The van der Waals surface area contributed by atoms with Gasteiger partial charge < -0.3 is 10.2 Å². The van der Waals surface area contributed by atoms with E-state index in [2.05, 4.69) is 19.7 Å². The number of alkyl halides is 3. The number of nitrogens with zero attached hydrogens (tertiary/aromatic N) is 2. The van der Waals surface area contributed by atoms with Crippen molar-refractivity contribution in [2.75, 3.05) is 6.26 Å². The number of amides is 1. The number of halogens is 3. The van der Waals surface area contributed by atoms with E-state index >= 15 is 0 Å². The molecule has 1 amide bonds. The van der Waals surface area contributed by atoms with Crippen molar-refractivity contribution in [1.29, 1.82) is 0 Å². The van der Waals surface area contributed by atoms with E-state index in [-0.39, 0.29) is 5.84 Å². The number of rotatable bonds is 3. The van der Waals surface area contributed by atoms with Crippen LogP contribution in [-0.2, 0) is 15.5 Å². The summed E-state index contributed by atoms with van der Waals surface area (Å²) in [6.45, 7) is 1.98. The molecule has 0 spiro atoms. The zero-order chi connectivity index (χ0) is 19.6. The van der Waals surface area contributed by atoms with E-state index in [4.69, 9.17) is 0 Å². The van der Waals surface area contributed by atoms with Crippen LogP contribution in [0.4, 0.5) is 13.2 Å². The smallest absolute Gasteiger partial charge is 0.359 e. The summed E-state index contributed by atoms with van der Waals surface area (Å²) in [6, 6.07) is 13.8. The van der Waals surface area contributed by atoms with Gasteiger partial charge in [-0.15, -0.1) is 0 Å². The van der Waals surface area contributed by atoms with E-state index in [0.29, 0.717) is 11.1 Å². The van der Waals surface area contributed by atoms with Crippen molar-refractivity contribution in [1.82, 2.24) is 5.32 Å². The second-order valence-corrected chi connectivity index (χ2v) is 7.49. The predicted molar refractivity (Wildman–Crippen MR) is 96.5 cm³/mol. The van der Waals surface area contributed by atoms with Gasteiger partial charge in [-0.2, -0.15) is 17.5 Å². The van der Waals surface area contributed by atoms with Gasteiger partial charge in [-0.25, -0.2) is 0 Å². The van der Waals surface area contributed by atoms with Crippen LogP contribution in [0.5, 0.6) is 0 Å². The lowest BCUT2D eigenvalue weighted by molar-refractivity contribution is -0.218. The van der Waals surface area contributed by atoms with Crippen molar-refractivity contribution < 1.29 is 22.8 Å². The second kappa shape index (κ2) is 7.51. The molecule has 1 aliphatic heterocycles. The average molecular weight is 395 g/mol. The van der Waals surface area contributed by atoms with Crippen LogP contribution in [0, 0.1) is 6.92 Å². The number of benzene rings is 2. The number of hydrogen-bond acceptors (Lipinski definition) is 4. The molecule has 0 fully saturated rings. The first-order valence-corrected chi connectivity index (χ1v) is 9.49. The molecular weight excluding hydrogens is 379 g/mol. The molecule has 2 unspecified atom stereocenters. The monoisotopic (exact) mass is 395 g/mol. The van der Waals surface area contributed by atoms with E-state index in [1.165, 1.54) is 24.3 Å². The Labute approximate surface area is 156 Å². The number of aryl methyl sites for hydroxylation is 1. The molecule has 0 aromatic heterocycles. The van der Waals surface area contributed by atoms with Crippen LogP contribution >= 0.6 is 0 Å². The summed E-state index contributed by atoms with van der Waals surface area (Å²) in [6.07, 6.45) is -4.88. The van der Waals surface area contributed by atoms with Crippen molar-refractivity contribution in [3.05, 3.63) is 65.2 Å². The van der Waals surface area contributed by atoms with Gasteiger partial charge in [0.1, 0.15) is 0 Å². The molecule has 5 nitrogen and oxygen atoms in total. The molecule has 1 aliphatic rings. The highest BCUT2D eigenvalue weighted by Crippen LogP contribution is 2.24. The Morgan fingerprint density at radius 2 is 1.78 bits per heavy atom. The number of carbonyl (C=O) groups is 1. The number of amidine groups is 1. The molecule has 9 heteroatoms. The van der Waals surface area contributed by atoms with E-state index in [1.54, 1.807) is 0 Å². The minimum Gasteiger partial charge on any atom is -0.359 e. The quantitative estimate of drug-likeness (QED) is 0.860. The van der Waals surface area contributed by atoms with E-state index in [9.17, 15) is 18.0 Å².